The van der Waals surface area contributed by atoms with Crippen molar-refractivity contribution in [3.63, 3.8) is 0 Å². The van der Waals surface area contributed by atoms with Gasteiger partial charge in [0.1, 0.15) is 11.6 Å². The van der Waals surface area contributed by atoms with Crippen LogP contribution in [-0.4, -0.2) is 12.1 Å². The first-order valence-electron chi connectivity index (χ1n) is 5.23. The van der Waals surface area contributed by atoms with Crippen molar-refractivity contribution < 1.29 is 4.74 Å². The van der Waals surface area contributed by atoms with Crippen molar-refractivity contribution in [3.05, 3.63) is 42.1 Å². The predicted molar refractivity (Wildman–Crippen MR) is 70.5 cm³/mol. The third kappa shape index (κ3) is 2.91. The van der Waals surface area contributed by atoms with Gasteiger partial charge in [-0.3, -0.25) is 0 Å². The Morgan fingerprint density at radius 1 is 1.18 bits per heavy atom. The van der Waals surface area contributed by atoms with Crippen molar-refractivity contribution in [1.29, 1.82) is 0 Å². The SMILES string of the molecule is COc1ccc(Sc2ccc(N)nc2)cc1C. The van der Waals surface area contributed by atoms with Gasteiger partial charge in [0.25, 0.3) is 0 Å². The molecule has 17 heavy (non-hydrogen) atoms. The molecule has 4 heteroatoms. The molecule has 0 atom stereocenters. The van der Waals surface area contributed by atoms with E-state index in [4.69, 9.17) is 10.5 Å². The summed E-state index contributed by atoms with van der Waals surface area (Å²) in [7, 11) is 1.68. The van der Waals surface area contributed by atoms with Crippen molar-refractivity contribution in [2.24, 2.45) is 0 Å². The smallest absolute Gasteiger partial charge is 0.123 e. The number of anilines is 1. The van der Waals surface area contributed by atoms with E-state index in [1.807, 2.05) is 25.1 Å². The van der Waals surface area contributed by atoms with Crippen LogP contribution in [0.2, 0.25) is 0 Å². The van der Waals surface area contributed by atoms with Gasteiger partial charge in [0.05, 0.1) is 7.11 Å². The average Bonchev–Trinajstić information content (AvgIpc) is 2.32. The molecule has 0 radical (unpaired) electrons. The van der Waals surface area contributed by atoms with Crippen LogP contribution in [0.15, 0.2) is 46.3 Å². The van der Waals surface area contributed by atoms with Crippen molar-refractivity contribution in [3.8, 4) is 5.75 Å². The molecular weight excluding hydrogens is 232 g/mol. The lowest BCUT2D eigenvalue weighted by Gasteiger charge is -2.07. The van der Waals surface area contributed by atoms with Crippen LogP contribution in [0, 0.1) is 6.92 Å². The fourth-order valence-electron chi connectivity index (χ4n) is 1.50. The number of nitrogens with zero attached hydrogens (tertiary/aromatic N) is 1. The number of aromatic nitrogens is 1. The Hall–Kier alpha value is -1.68. The number of ether oxygens (including phenoxy) is 1. The Balaban J connectivity index is 2.19. The highest BCUT2D eigenvalue weighted by Crippen LogP contribution is 2.30. The van der Waals surface area contributed by atoms with Crippen molar-refractivity contribution in [2.45, 2.75) is 16.7 Å². The minimum absolute atomic E-state index is 0.542. The zero-order valence-corrected chi connectivity index (χ0v) is 10.6. The lowest BCUT2D eigenvalue weighted by Crippen LogP contribution is -1.89. The molecule has 0 aliphatic heterocycles. The Labute approximate surface area is 105 Å². The molecule has 0 aliphatic rings. The van der Waals surface area contributed by atoms with Gasteiger partial charge in [0, 0.05) is 16.0 Å². The number of hydrogen-bond donors (Lipinski definition) is 1. The van der Waals surface area contributed by atoms with Crippen LogP contribution in [0.3, 0.4) is 0 Å². The second kappa shape index (κ2) is 5.10. The summed E-state index contributed by atoms with van der Waals surface area (Å²) in [6.07, 6.45) is 1.78. The zero-order chi connectivity index (χ0) is 12.3. The average molecular weight is 246 g/mol. The van der Waals surface area contributed by atoms with Crippen LogP contribution in [0.4, 0.5) is 5.82 Å². The number of benzene rings is 1. The van der Waals surface area contributed by atoms with E-state index in [2.05, 4.69) is 11.1 Å². The summed E-state index contributed by atoms with van der Waals surface area (Å²) in [6.45, 7) is 2.03. The first-order valence-corrected chi connectivity index (χ1v) is 6.04. The highest BCUT2D eigenvalue weighted by molar-refractivity contribution is 7.99. The van der Waals surface area contributed by atoms with E-state index in [1.165, 1.54) is 0 Å². The van der Waals surface area contributed by atoms with Crippen molar-refractivity contribution in [2.75, 3.05) is 12.8 Å². The van der Waals surface area contributed by atoms with Gasteiger partial charge in [-0.15, -0.1) is 0 Å². The highest BCUT2D eigenvalue weighted by Gasteiger charge is 2.02. The molecule has 0 spiro atoms. The van der Waals surface area contributed by atoms with Crippen LogP contribution in [-0.2, 0) is 0 Å². The van der Waals surface area contributed by atoms with Gasteiger partial charge < -0.3 is 10.5 Å². The van der Waals surface area contributed by atoms with Gasteiger partial charge in [-0.05, 0) is 42.8 Å². The number of aryl methyl sites for hydroxylation is 1. The summed E-state index contributed by atoms with van der Waals surface area (Å²) in [6, 6.07) is 9.88. The Kier molecular flexibility index (Phi) is 3.54. The zero-order valence-electron chi connectivity index (χ0n) is 9.81. The fourth-order valence-corrected chi connectivity index (χ4v) is 2.39. The number of nitrogens with two attached hydrogens (primary N) is 1. The first-order chi connectivity index (χ1) is 8.19. The number of nitrogen functional groups attached to an aromatic ring is 1. The fraction of sp³-hybridized carbons (Fsp3) is 0.154. The van der Waals surface area contributed by atoms with E-state index in [9.17, 15) is 0 Å². The minimum atomic E-state index is 0.542. The molecule has 3 nitrogen and oxygen atoms in total. The number of hydrogen-bond acceptors (Lipinski definition) is 4. The summed E-state index contributed by atoms with van der Waals surface area (Å²) in [5, 5.41) is 0. The maximum atomic E-state index is 5.55. The Morgan fingerprint density at radius 3 is 2.53 bits per heavy atom. The molecule has 88 valence electrons. The molecule has 2 rings (SSSR count). The third-order valence-electron chi connectivity index (χ3n) is 2.36. The van der Waals surface area contributed by atoms with Gasteiger partial charge in [-0.2, -0.15) is 0 Å². The van der Waals surface area contributed by atoms with Gasteiger partial charge >= 0.3 is 0 Å². The van der Waals surface area contributed by atoms with E-state index >= 15 is 0 Å². The Morgan fingerprint density at radius 2 is 1.94 bits per heavy atom. The monoisotopic (exact) mass is 246 g/mol. The number of pyridine rings is 1. The molecule has 0 saturated carbocycles. The Bertz CT molecular complexity index is 511. The summed E-state index contributed by atoms with van der Waals surface area (Å²) in [5.41, 5.74) is 6.67. The van der Waals surface area contributed by atoms with Crippen LogP contribution in [0.5, 0.6) is 5.75 Å². The van der Waals surface area contributed by atoms with E-state index in [-0.39, 0.29) is 0 Å². The molecule has 0 fully saturated rings. The van der Waals surface area contributed by atoms with Gasteiger partial charge in [0.2, 0.25) is 0 Å². The summed E-state index contributed by atoms with van der Waals surface area (Å²) in [4.78, 5) is 6.30. The molecule has 1 aromatic carbocycles. The van der Waals surface area contributed by atoms with Gasteiger partial charge in [-0.25, -0.2) is 4.98 Å². The molecule has 0 unspecified atom stereocenters. The maximum absolute atomic E-state index is 5.55. The second-order valence-electron chi connectivity index (χ2n) is 3.65. The van der Waals surface area contributed by atoms with Crippen LogP contribution in [0.1, 0.15) is 5.56 Å². The predicted octanol–water partition coefficient (Wildman–Crippen LogP) is 3.13. The molecule has 2 N–H and O–H groups in total. The minimum Gasteiger partial charge on any atom is -0.496 e. The standard InChI is InChI=1S/C13H14N2OS/c1-9-7-10(3-5-12(9)16-2)17-11-4-6-13(14)15-8-11/h3-8H,1-2H3,(H2,14,15). The second-order valence-corrected chi connectivity index (χ2v) is 4.80. The quantitative estimate of drug-likeness (QED) is 0.904. The molecular formula is C13H14N2OS. The topological polar surface area (TPSA) is 48.1 Å². The van der Waals surface area contributed by atoms with E-state index < -0.39 is 0 Å². The molecule has 1 heterocycles. The lowest BCUT2D eigenvalue weighted by atomic mass is 10.2. The third-order valence-corrected chi connectivity index (χ3v) is 3.33. The number of methoxy groups -OCH3 is 1. The normalized spacial score (nSPS) is 10.2. The maximum Gasteiger partial charge on any atom is 0.123 e. The first kappa shape index (κ1) is 11.8. The van der Waals surface area contributed by atoms with E-state index in [0.717, 1.165) is 21.1 Å². The number of rotatable bonds is 3. The van der Waals surface area contributed by atoms with Crippen molar-refractivity contribution >= 4 is 17.6 Å². The summed E-state index contributed by atoms with van der Waals surface area (Å²) in [5.74, 6) is 1.45. The summed E-state index contributed by atoms with van der Waals surface area (Å²) < 4.78 is 5.23. The molecule has 0 bridgehead atoms. The molecule has 0 amide bonds. The summed E-state index contributed by atoms with van der Waals surface area (Å²) >= 11 is 1.66. The van der Waals surface area contributed by atoms with Gasteiger partial charge in [0.15, 0.2) is 0 Å². The molecule has 0 aliphatic carbocycles. The largest absolute Gasteiger partial charge is 0.496 e. The van der Waals surface area contributed by atoms with Crippen molar-refractivity contribution in [1.82, 2.24) is 4.98 Å². The van der Waals surface area contributed by atoms with Crippen LogP contribution >= 0.6 is 11.8 Å². The molecule has 2 aromatic rings. The van der Waals surface area contributed by atoms with Crippen LogP contribution in [0.25, 0.3) is 0 Å². The highest BCUT2D eigenvalue weighted by atomic mass is 32.2. The lowest BCUT2D eigenvalue weighted by molar-refractivity contribution is 0.411. The molecule has 1 aromatic heterocycles. The van der Waals surface area contributed by atoms with E-state index in [0.29, 0.717) is 5.82 Å². The van der Waals surface area contributed by atoms with Gasteiger partial charge in [-0.1, -0.05) is 11.8 Å². The van der Waals surface area contributed by atoms with E-state index in [1.54, 1.807) is 31.1 Å². The molecule has 0 saturated heterocycles. The van der Waals surface area contributed by atoms with Crippen LogP contribution < -0.4 is 10.5 Å².